The molecule has 2 heterocycles. The SMILES string of the molecule is CC(=O)N[C@H]1[C@@H](O)O[C@](Br)([C@@H](O)Cl)[C@@H](O)[C@@]1(O)n1ccc2ccccc21. The van der Waals surface area contributed by atoms with Crippen molar-refractivity contribution in [3.8, 4) is 0 Å². The van der Waals surface area contributed by atoms with Crippen LogP contribution in [0.25, 0.3) is 10.9 Å². The summed E-state index contributed by atoms with van der Waals surface area (Å²) >= 11 is 8.71. The topological polar surface area (TPSA) is 124 Å². The van der Waals surface area contributed by atoms with Gasteiger partial charge < -0.3 is 35.0 Å². The van der Waals surface area contributed by atoms with Gasteiger partial charge in [-0.05, 0) is 33.4 Å². The molecule has 0 aliphatic carbocycles. The van der Waals surface area contributed by atoms with Crippen LogP contribution in [0.15, 0.2) is 36.5 Å². The Bertz CT molecular complexity index is 832. The lowest BCUT2D eigenvalue weighted by molar-refractivity contribution is -0.325. The second-order valence-corrected chi connectivity index (χ2v) is 7.80. The number of nitrogens with zero attached hydrogens (tertiary/aromatic N) is 1. The number of aliphatic hydroxyl groups excluding tert-OH is 3. The molecule has 2 aromatic rings. The number of rotatable bonds is 3. The van der Waals surface area contributed by atoms with Crippen LogP contribution in [-0.4, -0.2) is 59.4 Å². The molecule has 0 spiro atoms. The average molecular weight is 450 g/mol. The number of aliphatic hydroxyl groups is 4. The van der Waals surface area contributed by atoms with Crippen LogP contribution in [0, 0.1) is 0 Å². The minimum Gasteiger partial charge on any atom is -0.384 e. The van der Waals surface area contributed by atoms with Crippen LogP contribution in [0.1, 0.15) is 6.92 Å². The largest absolute Gasteiger partial charge is 0.384 e. The first-order valence-electron chi connectivity index (χ1n) is 7.73. The molecule has 1 aliphatic heterocycles. The fraction of sp³-hybridized carbons (Fsp3) is 0.438. The summed E-state index contributed by atoms with van der Waals surface area (Å²) in [6, 6.07) is 7.26. The van der Waals surface area contributed by atoms with E-state index in [0.29, 0.717) is 5.52 Å². The molecule has 1 aromatic heterocycles. The van der Waals surface area contributed by atoms with Crippen molar-refractivity contribution in [3.63, 3.8) is 0 Å². The van der Waals surface area contributed by atoms with Crippen LogP contribution in [0.4, 0.5) is 0 Å². The molecule has 142 valence electrons. The monoisotopic (exact) mass is 448 g/mol. The molecule has 0 bridgehead atoms. The number of carbonyl (C=O) groups is 1. The molecule has 10 heteroatoms. The molecule has 5 N–H and O–H groups in total. The summed E-state index contributed by atoms with van der Waals surface area (Å²) in [6.07, 6.45) is -2.17. The minimum atomic E-state index is -2.30. The van der Waals surface area contributed by atoms with Gasteiger partial charge in [0.25, 0.3) is 0 Å². The molecule has 1 fully saturated rings. The van der Waals surface area contributed by atoms with Gasteiger partial charge in [-0.15, -0.1) is 0 Å². The molecule has 1 saturated heterocycles. The van der Waals surface area contributed by atoms with Gasteiger partial charge in [-0.2, -0.15) is 0 Å². The average Bonchev–Trinajstić information content (AvgIpc) is 3.01. The zero-order valence-electron chi connectivity index (χ0n) is 13.6. The van der Waals surface area contributed by atoms with E-state index in [2.05, 4.69) is 21.2 Å². The molecule has 0 unspecified atom stereocenters. The van der Waals surface area contributed by atoms with E-state index < -0.39 is 40.1 Å². The Morgan fingerprint density at radius 1 is 1.38 bits per heavy atom. The van der Waals surface area contributed by atoms with Gasteiger partial charge in [0.1, 0.15) is 12.1 Å². The molecule has 8 nitrogen and oxygen atoms in total. The number of hydrogen-bond acceptors (Lipinski definition) is 6. The van der Waals surface area contributed by atoms with Crippen LogP contribution >= 0.6 is 27.5 Å². The van der Waals surface area contributed by atoms with Crippen molar-refractivity contribution in [1.29, 1.82) is 0 Å². The second-order valence-electron chi connectivity index (χ2n) is 6.15. The van der Waals surface area contributed by atoms with Crippen LogP contribution in [-0.2, 0) is 15.3 Å². The number of nitrogens with one attached hydrogen (secondary N) is 1. The second kappa shape index (κ2) is 6.75. The molecule has 1 aliphatic rings. The lowest BCUT2D eigenvalue weighted by Crippen LogP contribution is -2.75. The van der Waals surface area contributed by atoms with Crippen molar-refractivity contribution >= 4 is 44.3 Å². The first-order chi connectivity index (χ1) is 12.1. The van der Waals surface area contributed by atoms with Crippen molar-refractivity contribution in [2.24, 2.45) is 0 Å². The van der Waals surface area contributed by atoms with Gasteiger partial charge >= 0.3 is 0 Å². The third-order valence-corrected chi connectivity index (χ3v) is 6.13. The van der Waals surface area contributed by atoms with Crippen molar-refractivity contribution in [3.05, 3.63) is 36.5 Å². The lowest BCUT2D eigenvalue weighted by atomic mass is 9.89. The Morgan fingerprint density at radius 2 is 2.04 bits per heavy atom. The molecule has 1 amide bonds. The molecule has 1 aromatic carbocycles. The summed E-state index contributed by atoms with van der Waals surface area (Å²) in [5, 5.41) is 45.8. The molecule has 26 heavy (non-hydrogen) atoms. The van der Waals surface area contributed by atoms with Gasteiger partial charge in [0.2, 0.25) is 5.91 Å². The lowest BCUT2D eigenvalue weighted by Gasteiger charge is -2.53. The molecular weight excluding hydrogens is 432 g/mol. The van der Waals surface area contributed by atoms with E-state index in [-0.39, 0.29) is 0 Å². The summed E-state index contributed by atoms with van der Waals surface area (Å²) < 4.78 is 4.42. The predicted octanol–water partition coefficient (Wildman–Crippen LogP) is 0.149. The highest BCUT2D eigenvalue weighted by atomic mass is 79.9. The van der Waals surface area contributed by atoms with Gasteiger partial charge in [-0.25, -0.2) is 0 Å². The number of ether oxygens (including phenoxy) is 1. The number of hydrogen-bond donors (Lipinski definition) is 5. The van der Waals surface area contributed by atoms with Crippen LogP contribution in [0.2, 0.25) is 0 Å². The van der Waals surface area contributed by atoms with E-state index in [1.807, 2.05) is 0 Å². The van der Waals surface area contributed by atoms with E-state index >= 15 is 0 Å². The van der Waals surface area contributed by atoms with Gasteiger partial charge in [-0.1, -0.05) is 29.8 Å². The van der Waals surface area contributed by atoms with E-state index in [0.717, 1.165) is 5.39 Å². The molecule has 0 saturated carbocycles. The number of fused-ring (bicyclic) bond motifs is 1. The van der Waals surface area contributed by atoms with Crippen molar-refractivity contribution in [2.45, 2.75) is 41.2 Å². The maximum Gasteiger partial charge on any atom is 0.217 e. The van der Waals surface area contributed by atoms with E-state index in [1.54, 1.807) is 30.3 Å². The Balaban J connectivity index is 2.23. The highest BCUT2D eigenvalue weighted by molar-refractivity contribution is 9.10. The van der Waals surface area contributed by atoms with Crippen LogP contribution < -0.4 is 5.32 Å². The number of para-hydroxylation sites is 1. The summed E-state index contributed by atoms with van der Waals surface area (Å²) in [5.74, 6) is -0.562. The van der Waals surface area contributed by atoms with Gasteiger partial charge in [0, 0.05) is 13.1 Å². The standard InChI is InChI=1S/C16H18BrClN2O6/c1-8(21)19-11-12(22)26-15(17,14(18)24)13(23)16(11,25)20-7-6-9-4-2-3-5-10(9)20/h2-7,11-14,22-25H,1H3,(H,19,21)/t11-,12-,13+,14+,15-,16+/m0/s1. The van der Waals surface area contributed by atoms with E-state index in [4.69, 9.17) is 16.3 Å². The molecule has 0 radical (unpaired) electrons. The molecule has 3 rings (SSSR count). The highest BCUT2D eigenvalue weighted by Gasteiger charge is 2.65. The quantitative estimate of drug-likeness (QED) is 0.425. The normalized spacial score (nSPS) is 36.0. The molecule has 6 atom stereocenters. The number of amides is 1. The Kier molecular flexibility index (Phi) is 5.08. The Hall–Kier alpha value is -1.20. The van der Waals surface area contributed by atoms with Crippen molar-refractivity contribution in [2.75, 3.05) is 0 Å². The van der Waals surface area contributed by atoms with Crippen molar-refractivity contribution < 1.29 is 30.0 Å². The fourth-order valence-corrected chi connectivity index (χ4v) is 3.95. The number of halogens is 2. The number of benzene rings is 1. The van der Waals surface area contributed by atoms with E-state index in [9.17, 15) is 25.2 Å². The highest BCUT2D eigenvalue weighted by Crippen LogP contribution is 2.46. The van der Waals surface area contributed by atoms with Crippen LogP contribution in [0.5, 0.6) is 0 Å². The Morgan fingerprint density at radius 3 is 2.65 bits per heavy atom. The predicted molar refractivity (Wildman–Crippen MR) is 96.4 cm³/mol. The zero-order chi connectivity index (χ0) is 19.3. The Labute approximate surface area is 162 Å². The fourth-order valence-electron chi connectivity index (χ4n) is 3.25. The van der Waals surface area contributed by atoms with Gasteiger partial charge in [0.15, 0.2) is 22.1 Å². The maximum atomic E-state index is 11.6. The summed E-state index contributed by atoms with van der Waals surface area (Å²) in [5.41, 5.74) is -3.59. The van der Waals surface area contributed by atoms with Crippen LogP contribution in [0.3, 0.4) is 0 Å². The number of alkyl halides is 2. The van der Waals surface area contributed by atoms with Gasteiger partial charge in [-0.3, -0.25) is 4.79 Å². The molecular formula is C16H18BrClN2O6. The smallest absolute Gasteiger partial charge is 0.217 e. The number of carbonyl (C=O) groups excluding carboxylic acids is 1. The summed E-state index contributed by atoms with van der Waals surface area (Å²) in [4.78, 5) is 11.6. The zero-order valence-corrected chi connectivity index (χ0v) is 15.9. The first kappa shape index (κ1) is 19.6. The third-order valence-electron chi connectivity index (χ3n) is 4.49. The maximum absolute atomic E-state index is 11.6. The summed E-state index contributed by atoms with van der Waals surface area (Å²) in [7, 11) is 0. The van der Waals surface area contributed by atoms with Crippen molar-refractivity contribution in [1.82, 2.24) is 9.88 Å². The van der Waals surface area contributed by atoms with E-state index in [1.165, 1.54) is 17.7 Å². The minimum absolute atomic E-state index is 0.525. The number of aromatic nitrogens is 1. The first-order valence-corrected chi connectivity index (χ1v) is 8.96. The van der Waals surface area contributed by atoms with Gasteiger partial charge in [0.05, 0.1) is 5.52 Å². The summed E-state index contributed by atoms with van der Waals surface area (Å²) in [6.45, 7) is 1.19. The third kappa shape index (κ3) is 2.84.